The molecule has 18 heavy (non-hydrogen) atoms. The van der Waals surface area contributed by atoms with Crippen LogP contribution >= 0.6 is 0 Å². The van der Waals surface area contributed by atoms with Crippen molar-refractivity contribution in [2.24, 2.45) is 0 Å². The minimum Gasteiger partial charge on any atom is -0.335 e. The molecule has 0 atom stereocenters. The molecule has 0 aromatic heterocycles. The number of nitrogens with zero attached hydrogens (tertiary/aromatic N) is 1. The smallest absolute Gasteiger partial charge is 0.333 e. The highest BCUT2D eigenvalue weighted by molar-refractivity contribution is 5.88. The second kappa shape index (κ2) is 5.84. The van der Waals surface area contributed by atoms with Crippen LogP contribution in [-0.4, -0.2) is 44.3 Å². The lowest BCUT2D eigenvalue weighted by molar-refractivity contribution is -0.884. The standard InChI is InChI=1S/C13H20N4O/c1-11-3-5-12(6-4-11)14-13(18)15-17-9-7-16(2)8-10-17/h3-6H,7-10H2,1-2H3,(H2,14,15,18)/p+1. The third kappa shape index (κ3) is 3.72. The summed E-state index contributed by atoms with van der Waals surface area (Å²) in [5.74, 6) is 0. The minimum atomic E-state index is -0.168. The molecule has 1 heterocycles. The van der Waals surface area contributed by atoms with Crippen molar-refractivity contribution in [2.45, 2.75) is 6.92 Å². The molecule has 5 heteroatoms. The lowest BCUT2D eigenvalue weighted by Gasteiger charge is -2.30. The van der Waals surface area contributed by atoms with Gasteiger partial charge in [0.15, 0.2) is 0 Å². The van der Waals surface area contributed by atoms with Crippen molar-refractivity contribution in [3.05, 3.63) is 29.8 Å². The van der Waals surface area contributed by atoms with E-state index in [1.54, 1.807) is 0 Å². The monoisotopic (exact) mass is 249 g/mol. The molecule has 0 bridgehead atoms. The summed E-state index contributed by atoms with van der Waals surface area (Å²) in [5.41, 5.74) is 4.87. The van der Waals surface area contributed by atoms with Gasteiger partial charge in [-0.1, -0.05) is 17.7 Å². The maximum Gasteiger partial charge on any atom is 0.333 e. The Morgan fingerprint density at radius 2 is 1.83 bits per heavy atom. The summed E-state index contributed by atoms with van der Waals surface area (Å²) >= 11 is 0. The third-order valence-corrected chi connectivity index (χ3v) is 3.19. The van der Waals surface area contributed by atoms with Crippen LogP contribution in [0, 0.1) is 6.92 Å². The van der Waals surface area contributed by atoms with Crippen molar-refractivity contribution in [1.82, 2.24) is 10.4 Å². The lowest BCUT2D eigenvalue weighted by atomic mass is 10.2. The Kier molecular flexibility index (Phi) is 4.17. The number of urea groups is 1. The van der Waals surface area contributed by atoms with Gasteiger partial charge in [0.25, 0.3) is 0 Å². The van der Waals surface area contributed by atoms with E-state index in [1.807, 2.05) is 36.2 Å². The Morgan fingerprint density at radius 1 is 1.22 bits per heavy atom. The minimum absolute atomic E-state index is 0.168. The number of rotatable bonds is 2. The van der Waals surface area contributed by atoms with Gasteiger partial charge in [0.1, 0.15) is 0 Å². The van der Waals surface area contributed by atoms with Gasteiger partial charge in [-0.2, -0.15) is 0 Å². The van der Waals surface area contributed by atoms with E-state index in [0.29, 0.717) is 0 Å². The number of carbonyl (C=O) groups is 1. The van der Waals surface area contributed by atoms with Gasteiger partial charge in [-0.25, -0.2) is 9.80 Å². The zero-order chi connectivity index (χ0) is 13.0. The van der Waals surface area contributed by atoms with E-state index in [4.69, 9.17) is 0 Å². The molecule has 1 aliphatic heterocycles. The van der Waals surface area contributed by atoms with Crippen molar-refractivity contribution in [2.75, 3.05) is 38.5 Å². The van der Waals surface area contributed by atoms with Crippen LogP contribution in [0.3, 0.4) is 0 Å². The topological polar surface area (TPSA) is 48.8 Å². The quantitative estimate of drug-likeness (QED) is 0.683. The number of likely N-dealkylation sites (N-methyl/N-ethyl adjacent to an activating group) is 1. The first-order valence-electron chi connectivity index (χ1n) is 6.34. The summed E-state index contributed by atoms with van der Waals surface area (Å²) in [5, 5.41) is 4.80. The normalized spacial score (nSPS) is 17.4. The average molecular weight is 249 g/mol. The van der Waals surface area contributed by atoms with E-state index < -0.39 is 0 Å². The molecule has 1 saturated heterocycles. The summed E-state index contributed by atoms with van der Waals surface area (Å²) in [6.45, 7) is 5.94. The Labute approximate surface area is 108 Å². The van der Waals surface area contributed by atoms with Crippen molar-refractivity contribution in [3.8, 4) is 0 Å². The van der Waals surface area contributed by atoms with Crippen LogP contribution in [0.1, 0.15) is 5.56 Å². The van der Waals surface area contributed by atoms with Gasteiger partial charge >= 0.3 is 6.03 Å². The van der Waals surface area contributed by atoms with Crippen molar-refractivity contribution in [3.63, 3.8) is 0 Å². The van der Waals surface area contributed by atoms with Crippen LogP contribution in [0.25, 0.3) is 0 Å². The van der Waals surface area contributed by atoms with Gasteiger partial charge in [-0.05, 0) is 19.1 Å². The number of carbonyl (C=O) groups excluding carboxylic acids is 1. The van der Waals surface area contributed by atoms with Crippen molar-refractivity contribution < 1.29 is 9.69 Å². The van der Waals surface area contributed by atoms with Crippen LogP contribution in [0.4, 0.5) is 10.5 Å². The van der Waals surface area contributed by atoms with Crippen LogP contribution in [0.5, 0.6) is 0 Å². The van der Waals surface area contributed by atoms with Gasteiger partial charge in [0, 0.05) is 5.69 Å². The summed E-state index contributed by atoms with van der Waals surface area (Å²) in [6.07, 6.45) is 0. The van der Waals surface area contributed by atoms with E-state index in [9.17, 15) is 4.79 Å². The van der Waals surface area contributed by atoms with Gasteiger partial charge < -0.3 is 10.2 Å². The first kappa shape index (κ1) is 12.9. The molecule has 1 fully saturated rings. The Hall–Kier alpha value is -1.59. The van der Waals surface area contributed by atoms with E-state index in [0.717, 1.165) is 31.9 Å². The van der Waals surface area contributed by atoms with Gasteiger partial charge in [-0.3, -0.25) is 5.43 Å². The maximum absolute atomic E-state index is 11.8. The van der Waals surface area contributed by atoms with E-state index in [-0.39, 0.29) is 6.03 Å². The van der Waals surface area contributed by atoms with Gasteiger partial charge in [-0.15, -0.1) is 0 Å². The molecule has 0 aliphatic carbocycles. The molecule has 2 amide bonds. The number of piperazine rings is 1. The number of hydrogen-bond acceptors (Lipinski definition) is 2. The highest BCUT2D eigenvalue weighted by Crippen LogP contribution is 2.08. The molecule has 1 aromatic rings. The molecule has 3 N–H and O–H groups in total. The molecule has 0 unspecified atom stereocenters. The number of aryl methyl sites for hydroxylation is 1. The largest absolute Gasteiger partial charge is 0.335 e. The highest BCUT2D eigenvalue weighted by atomic mass is 16.2. The molecule has 0 radical (unpaired) electrons. The number of amides is 2. The van der Waals surface area contributed by atoms with Crippen LogP contribution < -0.4 is 15.6 Å². The second-order valence-corrected chi connectivity index (χ2v) is 4.88. The fraction of sp³-hybridized carbons (Fsp3) is 0.462. The van der Waals surface area contributed by atoms with Crippen molar-refractivity contribution in [1.29, 1.82) is 0 Å². The SMILES string of the molecule is Cc1ccc(NC(=O)NN2CC[NH+](C)CC2)cc1. The number of quaternary nitrogens is 1. The highest BCUT2D eigenvalue weighted by Gasteiger charge is 2.17. The van der Waals surface area contributed by atoms with Gasteiger partial charge in [0.05, 0.1) is 33.2 Å². The van der Waals surface area contributed by atoms with Gasteiger partial charge in [0.2, 0.25) is 0 Å². The first-order valence-corrected chi connectivity index (χ1v) is 6.34. The average Bonchev–Trinajstić information content (AvgIpc) is 2.35. The van der Waals surface area contributed by atoms with Crippen LogP contribution in [0.2, 0.25) is 0 Å². The second-order valence-electron chi connectivity index (χ2n) is 4.88. The predicted octanol–water partition coefficient (Wildman–Crippen LogP) is -0.138. The third-order valence-electron chi connectivity index (χ3n) is 3.19. The fourth-order valence-corrected chi connectivity index (χ4v) is 1.94. The predicted molar refractivity (Wildman–Crippen MR) is 71.5 cm³/mol. The van der Waals surface area contributed by atoms with Crippen LogP contribution in [0.15, 0.2) is 24.3 Å². The number of hydrazine groups is 1. The first-order chi connectivity index (χ1) is 8.63. The Morgan fingerprint density at radius 3 is 2.44 bits per heavy atom. The fourth-order valence-electron chi connectivity index (χ4n) is 1.94. The zero-order valence-corrected chi connectivity index (χ0v) is 11.0. The molecule has 0 saturated carbocycles. The summed E-state index contributed by atoms with van der Waals surface area (Å²) < 4.78 is 0. The summed E-state index contributed by atoms with van der Waals surface area (Å²) in [4.78, 5) is 13.3. The number of hydrogen-bond donors (Lipinski definition) is 3. The molecular weight excluding hydrogens is 228 g/mol. The molecule has 98 valence electrons. The van der Waals surface area contributed by atoms with Crippen molar-refractivity contribution >= 4 is 11.7 Å². The maximum atomic E-state index is 11.8. The molecule has 5 nitrogen and oxygen atoms in total. The summed E-state index contributed by atoms with van der Waals surface area (Å²) in [7, 11) is 2.17. The molecule has 2 rings (SSSR count). The number of nitrogens with one attached hydrogen (secondary N) is 3. The van der Waals surface area contributed by atoms with E-state index >= 15 is 0 Å². The Bertz CT molecular complexity index is 396. The molecule has 1 aromatic carbocycles. The Balaban J connectivity index is 1.80. The lowest BCUT2D eigenvalue weighted by Crippen LogP contribution is -3.12. The zero-order valence-electron chi connectivity index (χ0n) is 11.0. The molecular formula is C13H21N4O+. The number of anilines is 1. The number of benzene rings is 1. The molecule has 1 aliphatic rings. The van der Waals surface area contributed by atoms with Crippen LogP contribution in [-0.2, 0) is 0 Å². The van der Waals surface area contributed by atoms with E-state index in [2.05, 4.69) is 17.8 Å². The summed E-state index contributed by atoms with van der Waals surface area (Å²) in [6, 6.07) is 7.61. The van der Waals surface area contributed by atoms with E-state index in [1.165, 1.54) is 10.5 Å². The molecule has 0 spiro atoms.